The summed E-state index contributed by atoms with van der Waals surface area (Å²) in [6.45, 7) is 0.689. The number of halogens is 1. The van der Waals surface area contributed by atoms with Crippen molar-refractivity contribution in [2.24, 2.45) is 0 Å². The molecule has 2 N–H and O–H groups in total. The second-order valence-corrected chi connectivity index (χ2v) is 4.18. The minimum atomic E-state index is -0.727. The molecule has 0 spiro atoms. The third-order valence-corrected chi connectivity index (χ3v) is 2.90. The van der Waals surface area contributed by atoms with E-state index in [0.29, 0.717) is 12.1 Å². The number of hydrogen-bond acceptors (Lipinski definition) is 2. The lowest BCUT2D eigenvalue weighted by atomic mass is 9.97. The third kappa shape index (κ3) is 2.75. The van der Waals surface area contributed by atoms with E-state index in [1.807, 2.05) is 31.3 Å². The van der Waals surface area contributed by atoms with Gasteiger partial charge in [0.25, 0.3) is 0 Å². The SMILES string of the molecule is CNCc1ccccc1C(O)c1ccc(F)cc1. The molecule has 0 amide bonds. The van der Waals surface area contributed by atoms with Crippen LogP contribution in [0.15, 0.2) is 48.5 Å². The van der Waals surface area contributed by atoms with Gasteiger partial charge < -0.3 is 10.4 Å². The Kier molecular flexibility index (Phi) is 4.07. The molecule has 1 unspecified atom stereocenters. The zero-order valence-corrected chi connectivity index (χ0v) is 10.2. The van der Waals surface area contributed by atoms with Gasteiger partial charge in [-0.25, -0.2) is 4.39 Å². The monoisotopic (exact) mass is 245 g/mol. The van der Waals surface area contributed by atoms with Crippen LogP contribution >= 0.6 is 0 Å². The molecule has 2 aromatic rings. The van der Waals surface area contributed by atoms with Crippen molar-refractivity contribution in [3.63, 3.8) is 0 Å². The number of hydrogen-bond donors (Lipinski definition) is 2. The number of aliphatic hydroxyl groups is 1. The van der Waals surface area contributed by atoms with Gasteiger partial charge in [-0.2, -0.15) is 0 Å². The maximum absolute atomic E-state index is 12.9. The fourth-order valence-corrected chi connectivity index (χ4v) is 1.98. The summed E-state index contributed by atoms with van der Waals surface area (Å²) in [4.78, 5) is 0. The first-order chi connectivity index (χ1) is 8.72. The number of benzene rings is 2. The molecule has 0 saturated carbocycles. The van der Waals surface area contributed by atoms with Gasteiger partial charge in [0.2, 0.25) is 0 Å². The van der Waals surface area contributed by atoms with E-state index in [0.717, 1.165) is 11.1 Å². The zero-order chi connectivity index (χ0) is 13.0. The molecule has 0 heterocycles. The van der Waals surface area contributed by atoms with Crippen LogP contribution < -0.4 is 5.32 Å². The molecule has 2 aromatic carbocycles. The van der Waals surface area contributed by atoms with Crippen molar-refractivity contribution in [1.82, 2.24) is 5.32 Å². The van der Waals surface area contributed by atoms with Gasteiger partial charge in [-0.3, -0.25) is 0 Å². The fraction of sp³-hybridized carbons (Fsp3) is 0.200. The molecule has 0 fully saturated rings. The van der Waals surface area contributed by atoms with Crippen molar-refractivity contribution in [2.45, 2.75) is 12.6 Å². The quantitative estimate of drug-likeness (QED) is 0.868. The second-order valence-electron chi connectivity index (χ2n) is 4.18. The molecule has 0 aliphatic carbocycles. The van der Waals surface area contributed by atoms with E-state index in [1.165, 1.54) is 12.1 Å². The Labute approximate surface area is 106 Å². The molecule has 0 saturated heterocycles. The first-order valence-corrected chi connectivity index (χ1v) is 5.88. The van der Waals surface area contributed by atoms with Gasteiger partial charge in [0.15, 0.2) is 0 Å². The average Bonchev–Trinajstić information content (AvgIpc) is 2.40. The van der Waals surface area contributed by atoms with Gasteiger partial charge in [-0.1, -0.05) is 36.4 Å². The summed E-state index contributed by atoms with van der Waals surface area (Å²) >= 11 is 0. The molecule has 0 aliphatic heterocycles. The van der Waals surface area contributed by atoms with Gasteiger partial charge in [0.1, 0.15) is 11.9 Å². The standard InChI is InChI=1S/C15H16FNO/c1-17-10-12-4-2-3-5-14(12)15(18)11-6-8-13(16)9-7-11/h2-9,15,17-18H,10H2,1H3. The highest BCUT2D eigenvalue weighted by molar-refractivity contribution is 5.35. The van der Waals surface area contributed by atoms with Crippen LogP contribution in [-0.2, 0) is 6.54 Å². The van der Waals surface area contributed by atoms with Crippen LogP contribution in [0.25, 0.3) is 0 Å². The predicted octanol–water partition coefficient (Wildman–Crippen LogP) is 2.63. The van der Waals surface area contributed by atoms with E-state index < -0.39 is 6.10 Å². The van der Waals surface area contributed by atoms with Crippen molar-refractivity contribution in [1.29, 1.82) is 0 Å². The Bertz CT molecular complexity index is 510. The van der Waals surface area contributed by atoms with Crippen LogP contribution in [-0.4, -0.2) is 12.2 Å². The van der Waals surface area contributed by atoms with E-state index in [4.69, 9.17) is 0 Å². The van der Waals surface area contributed by atoms with Crippen LogP contribution in [0.4, 0.5) is 4.39 Å². The van der Waals surface area contributed by atoms with Crippen molar-refractivity contribution < 1.29 is 9.50 Å². The van der Waals surface area contributed by atoms with Gasteiger partial charge in [-0.05, 0) is 35.9 Å². The van der Waals surface area contributed by atoms with Gasteiger partial charge in [0, 0.05) is 6.54 Å². The summed E-state index contributed by atoms with van der Waals surface area (Å²) in [5.74, 6) is -0.297. The fourth-order valence-electron chi connectivity index (χ4n) is 1.98. The number of rotatable bonds is 4. The van der Waals surface area contributed by atoms with Crippen molar-refractivity contribution >= 4 is 0 Å². The van der Waals surface area contributed by atoms with Gasteiger partial charge in [0.05, 0.1) is 0 Å². The third-order valence-electron chi connectivity index (χ3n) is 2.90. The lowest BCUT2D eigenvalue weighted by Gasteiger charge is -2.15. The molecule has 0 bridgehead atoms. The first kappa shape index (κ1) is 12.7. The highest BCUT2D eigenvalue weighted by atomic mass is 19.1. The maximum Gasteiger partial charge on any atom is 0.123 e. The largest absolute Gasteiger partial charge is 0.384 e. The second kappa shape index (κ2) is 5.76. The topological polar surface area (TPSA) is 32.3 Å². The summed E-state index contributed by atoms with van der Waals surface area (Å²) in [7, 11) is 1.86. The molecule has 18 heavy (non-hydrogen) atoms. The Morgan fingerprint density at radius 1 is 1.11 bits per heavy atom. The summed E-state index contributed by atoms with van der Waals surface area (Å²) in [6, 6.07) is 13.6. The Balaban J connectivity index is 2.33. The minimum Gasteiger partial charge on any atom is -0.384 e. The highest BCUT2D eigenvalue weighted by Crippen LogP contribution is 2.25. The maximum atomic E-state index is 12.9. The van der Waals surface area contributed by atoms with Crippen LogP contribution in [0.3, 0.4) is 0 Å². The summed E-state index contributed by atoms with van der Waals surface area (Å²) in [5, 5.41) is 13.4. The Hall–Kier alpha value is -1.71. The van der Waals surface area contributed by atoms with E-state index in [-0.39, 0.29) is 5.82 Å². The summed E-state index contributed by atoms with van der Waals surface area (Å²) in [5.41, 5.74) is 2.58. The summed E-state index contributed by atoms with van der Waals surface area (Å²) < 4.78 is 12.9. The lowest BCUT2D eigenvalue weighted by molar-refractivity contribution is 0.219. The molecule has 3 heteroatoms. The smallest absolute Gasteiger partial charge is 0.123 e. The summed E-state index contributed by atoms with van der Waals surface area (Å²) in [6.07, 6.45) is -0.727. The molecule has 0 aromatic heterocycles. The van der Waals surface area contributed by atoms with Gasteiger partial charge in [-0.15, -0.1) is 0 Å². The van der Waals surface area contributed by atoms with Crippen LogP contribution in [0.2, 0.25) is 0 Å². The van der Waals surface area contributed by atoms with Crippen LogP contribution in [0, 0.1) is 5.82 Å². The van der Waals surface area contributed by atoms with E-state index >= 15 is 0 Å². The molecule has 2 nitrogen and oxygen atoms in total. The van der Waals surface area contributed by atoms with Crippen molar-refractivity contribution in [2.75, 3.05) is 7.05 Å². The number of aliphatic hydroxyl groups excluding tert-OH is 1. The lowest BCUT2D eigenvalue weighted by Crippen LogP contribution is -2.10. The van der Waals surface area contributed by atoms with E-state index in [2.05, 4.69) is 5.32 Å². The van der Waals surface area contributed by atoms with E-state index in [9.17, 15) is 9.50 Å². The van der Waals surface area contributed by atoms with E-state index in [1.54, 1.807) is 12.1 Å². The first-order valence-electron chi connectivity index (χ1n) is 5.88. The molecular weight excluding hydrogens is 229 g/mol. The molecule has 2 rings (SSSR count). The molecule has 1 atom stereocenters. The normalized spacial score (nSPS) is 12.4. The highest BCUT2D eigenvalue weighted by Gasteiger charge is 2.13. The molecule has 0 radical (unpaired) electrons. The minimum absolute atomic E-state index is 0.297. The molecular formula is C15H16FNO. The Morgan fingerprint density at radius 2 is 1.78 bits per heavy atom. The van der Waals surface area contributed by atoms with Gasteiger partial charge >= 0.3 is 0 Å². The van der Waals surface area contributed by atoms with Crippen LogP contribution in [0.5, 0.6) is 0 Å². The molecule has 94 valence electrons. The zero-order valence-electron chi connectivity index (χ0n) is 10.2. The van der Waals surface area contributed by atoms with Crippen molar-refractivity contribution in [3.8, 4) is 0 Å². The number of nitrogens with one attached hydrogen (secondary N) is 1. The van der Waals surface area contributed by atoms with Crippen molar-refractivity contribution in [3.05, 3.63) is 71.0 Å². The molecule has 0 aliphatic rings. The Morgan fingerprint density at radius 3 is 2.44 bits per heavy atom. The average molecular weight is 245 g/mol. The predicted molar refractivity (Wildman–Crippen MR) is 69.7 cm³/mol. The van der Waals surface area contributed by atoms with Crippen LogP contribution in [0.1, 0.15) is 22.8 Å².